The van der Waals surface area contributed by atoms with E-state index in [0.29, 0.717) is 39.3 Å². The van der Waals surface area contributed by atoms with Crippen LogP contribution in [-0.4, -0.2) is 58.3 Å². The Kier molecular flexibility index (Phi) is 8.32. The van der Waals surface area contributed by atoms with Crippen molar-refractivity contribution in [3.63, 3.8) is 0 Å². The maximum Gasteiger partial charge on any atom is 0.191 e. The van der Waals surface area contributed by atoms with Crippen molar-refractivity contribution in [1.29, 1.82) is 0 Å². The lowest BCUT2D eigenvalue weighted by molar-refractivity contribution is -0.0172. The fraction of sp³-hybridized carbons (Fsp3) is 0.650. The SMILES string of the molecule is CCNC(=NCCCOC1CCOC1)NCCc1cc(F)cc2c1OCOC2. The number of nitrogens with zero attached hydrogens (tertiary/aromatic N) is 1. The van der Waals surface area contributed by atoms with E-state index >= 15 is 0 Å². The number of hydrogen-bond acceptors (Lipinski definition) is 5. The summed E-state index contributed by atoms with van der Waals surface area (Å²) in [5, 5.41) is 6.52. The number of hydrogen-bond donors (Lipinski definition) is 2. The van der Waals surface area contributed by atoms with Crippen LogP contribution in [0.25, 0.3) is 0 Å². The largest absolute Gasteiger partial charge is 0.467 e. The summed E-state index contributed by atoms with van der Waals surface area (Å²) < 4.78 is 35.7. The molecule has 1 atom stereocenters. The highest BCUT2D eigenvalue weighted by Gasteiger charge is 2.17. The van der Waals surface area contributed by atoms with E-state index < -0.39 is 0 Å². The summed E-state index contributed by atoms with van der Waals surface area (Å²) >= 11 is 0. The molecule has 2 aliphatic rings. The zero-order valence-electron chi connectivity index (χ0n) is 16.5. The Balaban J connectivity index is 1.43. The molecule has 0 bridgehead atoms. The molecule has 2 aliphatic heterocycles. The van der Waals surface area contributed by atoms with Gasteiger partial charge >= 0.3 is 0 Å². The van der Waals surface area contributed by atoms with E-state index in [9.17, 15) is 4.39 Å². The molecular formula is C20H30FN3O4. The van der Waals surface area contributed by atoms with Crippen LogP contribution in [0, 0.1) is 5.82 Å². The first kappa shape index (κ1) is 20.8. The molecular weight excluding hydrogens is 365 g/mol. The third kappa shape index (κ3) is 6.32. The van der Waals surface area contributed by atoms with Crippen LogP contribution in [0.4, 0.5) is 4.39 Å². The quantitative estimate of drug-likeness (QED) is 0.378. The smallest absolute Gasteiger partial charge is 0.191 e. The van der Waals surface area contributed by atoms with Gasteiger partial charge in [0.05, 0.1) is 19.3 Å². The van der Waals surface area contributed by atoms with Crippen molar-refractivity contribution in [1.82, 2.24) is 10.6 Å². The first-order valence-electron chi connectivity index (χ1n) is 9.99. The molecule has 0 spiro atoms. The zero-order valence-corrected chi connectivity index (χ0v) is 16.5. The minimum atomic E-state index is -0.268. The van der Waals surface area contributed by atoms with Crippen LogP contribution in [0.5, 0.6) is 5.75 Å². The third-order valence-electron chi connectivity index (χ3n) is 4.60. The maximum atomic E-state index is 13.8. The number of halogens is 1. The van der Waals surface area contributed by atoms with E-state index in [-0.39, 0.29) is 18.7 Å². The molecule has 7 nitrogen and oxygen atoms in total. The molecule has 0 radical (unpaired) electrons. The summed E-state index contributed by atoms with van der Waals surface area (Å²) in [6, 6.07) is 3.00. The minimum absolute atomic E-state index is 0.207. The monoisotopic (exact) mass is 395 g/mol. The second-order valence-corrected chi connectivity index (χ2v) is 6.81. The second-order valence-electron chi connectivity index (χ2n) is 6.81. The van der Waals surface area contributed by atoms with Gasteiger partial charge < -0.3 is 29.6 Å². The predicted molar refractivity (Wildman–Crippen MR) is 104 cm³/mol. The van der Waals surface area contributed by atoms with Crippen LogP contribution in [0.15, 0.2) is 17.1 Å². The molecule has 1 saturated heterocycles. The van der Waals surface area contributed by atoms with Crippen LogP contribution in [0.2, 0.25) is 0 Å². The number of benzene rings is 1. The summed E-state index contributed by atoms with van der Waals surface area (Å²) in [6.45, 7) is 6.88. The fourth-order valence-electron chi connectivity index (χ4n) is 3.25. The van der Waals surface area contributed by atoms with E-state index in [1.165, 1.54) is 12.1 Å². The number of ether oxygens (including phenoxy) is 4. The highest BCUT2D eigenvalue weighted by atomic mass is 19.1. The standard InChI is InChI=1S/C20H30FN3O4/c1-2-22-20(23-6-3-8-27-18-5-9-25-13-18)24-7-4-15-10-17(21)11-16-12-26-14-28-19(15)16/h10-11,18H,2-9,12-14H2,1H3,(H2,22,23,24). The molecule has 0 aliphatic carbocycles. The van der Waals surface area contributed by atoms with Gasteiger partial charge in [-0.25, -0.2) is 4.39 Å². The van der Waals surface area contributed by atoms with Gasteiger partial charge in [-0.1, -0.05) is 0 Å². The molecule has 0 aromatic heterocycles. The van der Waals surface area contributed by atoms with Gasteiger partial charge in [-0.2, -0.15) is 0 Å². The lowest BCUT2D eigenvalue weighted by atomic mass is 10.1. The number of rotatable bonds is 9. The molecule has 0 amide bonds. The molecule has 2 heterocycles. The summed E-state index contributed by atoms with van der Waals surface area (Å²) in [5.74, 6) is 1.22. The van der Waals surface area contributed by atoms with Crippen molar-refractivity contribution >= 4 is 5.96 Å². The molecule has 1 aromatic carbocycles. The molecule has 8 heteroatoms. The lowest BCUT2D eigenvalue weighted by Crippen LogP contribution is -2.38. The average molecular weight is 395 g/mol. The van der Waals surface area contributed by atoms with Gasteiger partial charge in [0, 0.05) is 38.4 Å². The van der Waals surface area contributed by atoms with Gasteiger partial charge in [-0.15, -0.1) is 0 Å². The molecule has 3 rings (SSSR count). The Bertz CT molecular complexity index is 651. The zero-order chi connectivity index (χ0) is 19.6. The first-order valence-corrected chi connectivity index (χ1v) is 9.99. The molecule has 2 N–H and O–H groups in total. The van der Waals surface area contributed by atoms with Gasteiger partial charge in [-0.3, -0.25) is 4.99 Å². The summed E-state index contributed by atoms with van der Waals surface area (Å²) in [7, 11) is 0. The highest BCUT2D eigenvalue weighted by molar-refractivity contribution is 5.79. The van der Waals surface area contributed by atoms with Crippen molar-refractivity contribution in [2.45, 2.75) is 38.9 Å². The van der Waals surface area contributed by atoms with Crippen LogP contribution in [0.1, 0.15) is 30.9 Å². The molecule has 1 unspecified atom stereocenters. The number of guanidine groups is 1. The van der Waals surface area contributed by atoms with Crippen molar-refractivity contribution in [3.8, 4) is 5.75 Å². The third-order valence-corrected chi connectivity index (χ3v) is 4.60. The number of nitrogens with one attached hydrogen (secondary N) is 2. The molecule has 0 saturated carbocycles. The van der Waals surface area contributed by atoms with Gasteiger partial charge in [0.25, 0.3) is 0 Å². The van der Waals surface area contributed by atoms with Crippen LogP contribution >= 0.6 is 0 Å². The highest BCUT2D eigenvalue weighted by Crippen LogP contribution is 2.29. The van der Waals surface area contributed by atoms with E-state index in [1.54, 1.807) is 0 Å². The summed E-state index contributed by atoms with van der Waals surface area (Å²) in [4.78, 5) is 4.57. The van der Waals surface area contributed by atoms with Crippen molar-refractivity contribution in [2.75, 3.05) is 46.2 Å². The molecule has 1 fully saturated rings. The van der Waals surface area contributed by atoms with E-state index in [0.717, 1.165) is 48.8 Å². The number of fused-ring (bicyclic) bond motifs is 1. The summed E-state index contributed by atoms with van der Waals surface area (Å²) in [5.41, 5.74) is 1.60. The Morgan fingerprint density at radius 1 is 1.32 bits per heavy atom. The van der Waals surface area contributed by atoms with E-state index in [4.69, 9.17) is 18.9 Å². The van der Waals surface area contributed by atoms with Gasteiger partial charge in [0.1, 0.15) is 11.6 Å². The topological polar surface area (TPSA) is 73.3 Å². The normalized spacial score (nSPS) is 19.2. The van der Waals surface area contributed by atoms with Crippen LogP contribution in [-0.2, 0) is 27.2 Å². The Morgan fingerprint density at radius 3 is 3.07 bits per heavy atom. The van der Waals surface area contributed by atoms with Gasteiger partial charge in [-0.05, 0) is 43.9 Å². The van der Waals surface area contributed by atoms with Crippen molar-refractivity contribution in [2.24, 2.45) is 4.99 Å². The lowest BCUT2D eigenvalue weighted by Gasteiger charge is -2.21. The Labute approximate surface area is 165 Å². The number of aliphatic imine (C=N–C) groups is 1. The first-order chi connectivity index (χ1) is 13.8. The van der Waals surface area contributed by atoms with Crippen molar-refractivity contribution in [3.05, 3.63) is 29.1 Å². The summed E-state index contributed by atoms with van der Waals surface area (Å²) in [6.07, 6.45) is 2.71. The van der Waals surface area contributed by atoms with Gasteiger partial charge in [0.2, 0.25) is 0 Å². The van der Waals surface area contributed by atoms with E-state index in [2.05, 4.69) is 15.6 Å². The van der Waals surface area contributed by atoms with Crippen LogP contribution in [0.3, 0.4) is 0 Å². The Morgan fingerprint density at radius 2 is 2.25 bits per heavy atom. The molecule has 1 aromatic rings. The maximum absolute atomic E-state index is 13.8. The average Bonchev–Trinajstić information content (AvgIpc) is 3.21. The molecule has 28 heavy (non-hydrogen) atoms. The minimum Gasteiger partial charge on any atom is -0.467 e. The van der Waals surface area contributed by atoms with E-state index in [1.807, 2.05) is 6.92 Å². The predicted octanol–water partition coefficient (Wildman–Crippen LogP) is 1.99. The van der Waals surface area contributed by atoms with Gasteiger partial charge in [0.15, 0.2) is 12.8 Å². The fourth-order valence-corrected chi connectivity index (χ4v) is 3.25. The molecule has 156 valence electrons. The Hall–Kier alpha value is -1.90. The second kappa shape index (κ2) is 11.2. The van der Waals surface area contributed by atoms with Crippen molar-refractivity contribution < 1.29 is 23.3 Å². The van der Waals surface area contributed by atoms with Crippen LogP contribution < -0.4 is 15.4 Å².